The highest BCUT2D eigenvalue weighted by atomic mass is 32.2. The summed E-state index contributed by atoms with van der Waals surface area (Å²) < 4.78 is 88.5. The second-order valence-corrected chi connectivity index (χ2v) is 11.2. The first-order valence-corrected chi connectivity index (χ1v) is 13.4. The van der Waals surface area contributed by atoms with E-state index >= 15 is 0 Å². The van der Waals surface area contributed by atoms with Crippen molar-refractivity contribution in [2.75, 3.05) is 31.0 Å². The molecule has 0 spiro atoms. The van der Waals surface area contributed by atoms with E-state index in [2.05, 4.69) is 15.0 Å². The molecule has 2 N–H and O–H groups in total. The van der Waals surface area contributed by atoms with Gasteiger partial charge in [0.05, 0.1) is 42.6 Å². The quantitative estimate of drug-likeness (QED) is 0.136. The van der Waals surface area contributed by atoms with Gasteiger partial charge in [0, 0.05) is 6.54 Å². The van der Waals surface area contributed by atoms with E-state index in [0.717, 1.165) is 4.90 Å². The number of nitrogens with zero attached hydrogens (tertiary/aromatic N) is 4. The van der Waals surface area contributed by atoms with E-state index in [4.69, 9.17) is 15.2 Å². The fourth-order valence-corrected chi connectivity index (χ4v) is 5.82. The highest BCUT2D eigenvalue weighted by Crippen LogP contribution is 2.45. The molecule has 0 amide bonds. The summed E-state index contributed by atoms with van der Waals surface area (Å²) in [6, 6.07) is 7.37. The second-order valence-electron chi connectivity index (χ2n) is 7.97. The van der Waals surface area contributed by atoms with Crippen LogP contribution in [0, 0.1) is 0 Å². The average molecular weight is 555 g/mol. The highest BCUT2D eigenvalue weighted by Gasteiger charge is 2.38. The number of hydrogen-bond acceptors (Lipinski definition) is 7. The molecule has 0 saturated heterocycles. The summed E-state index contributed by atoms with van der Waals surface area (Å²) in [5.41, 5.74) is 6.69. The van der Waals surface area contributed by atoms with Crippen molar-refractivity contribution in [2.45, 2.75) is 48.8 Å². The zero-order valence-corrected chi connectivity index (χ0v) is 21.0. The Morgan fingerprint density at radius 3 is 2.36 bits per heavy atom. The monoisotopic (exact) mass is 555 g/mol. The van der Waals surface area contributed by atoms with Gasteiger partial charge in [-0.2, -0.15) is 31.3 Å². The van der Waals surface area contributed by atoms with Crippen molar-refractivity contribution in [1.82, 2.24) is 19.5 Å². The van der Waals surface area contributed by atoms with Gasteiger partial charge in [-0.1, -0.05) is 31.8 Å². The molecule has 3 rings (SSSR count). The van der Waals surface area contributed by atoms with Crippen LogP contribution in [0.2, 0.25) is 0 Å². The Labute approximate surface area is 208 Å². The number of rotatable bonds is 11. The maximum atomic E-state index is 12.7. The number of benzene rings is 1. The summed E-state index contributed by atoms with van der Waals surface area (Å²) in [6.07, 6.45) is -11.6. The molecule has 36 heavy (non-hydrogen) atoms. The Hall–Kier alpha value is -2.31. The Morgan fingerprint density at radius 1 is 1.06 bits per heavy atom. The van der Waals surface area contributed by atoms with Crippen LogP contribution in [0.1, 0.15) is 13.8 Å². The number of ether oxygens (including phenoxy) is 2. The SMILES string of the molecule is CC(C)Oc1ccccc1Sc1nc(N)nc2c1ncn2CCOCP(CC(F)(F)F)CC(F)(F)F. The van der Waals surface area contributed by atoms with Crippen LogP contribution in [0.4, 0.5) is 32.3 Å². The number of nitrogens with two attached hydrogens (primary N) is 1. The van der Waals surface area contributed by atoms with Crippen LogP contribution in [-0.4, -0.2) is 63.3 Å². The Bertz CT molecular complexity index is 1140. The molecular formula is C21H24F6N5O2PS. The number of imidazole rings is 1. The maximum Gasteiger partial charge on any atom is 0.392 e. The number of anilines is 1. The van der Waals surface area contributed by atoms with Gasteiger partial charge < -0.3 is 19.8 Å². The third kappa shape index (κ3) is 8.67. The summed E-state index contributed by atoms with van der Waals surface area (Å²) in [5, 5.41) is 0.468. The highest BCUT2D eigenvalue weighted by molar-refractivity contribution is 7.99. The molecule has 0 radical (unpaired) electrons. The van der Waals surface area contributed by atoms with Crippen molar-refractivity contribution < 1.29 is 35.8 Å². The van der Waals surface area contributed by atoms with Crippen LogP contribution < -0.4 is 10.5 Å². The van der Waals surface area contributed by atoms with E-state index in [-0.39, 0.29) is 25.2 Å². The standard InChI is InChI=1S/C21H24F6N5O2PS/c1-13(2)34-14-5-3-4-6-15(14)36-18-16-17(30-19(28)31-18)32(11-29-16)7-8-33-12-35(9-20(22,23)24)10-21(25,26)27/h3-6,11,13H,7-10,12H2,1-2H3,(H2,28,30,31). The Morgan fingerprint density at radius 2 is 1.72 bits per heavy atom. The van der Waals surface area contributed by atoms with E-state index in [1.54, 1.807) is 4.57 Å². The molecule has 7 nitrogen and oxygen atoms in total. The smallest absolute Gasteiger partial charge is 0.392 e. The molecule has 0 aliphatic rings. The first kappa shape index (κ1) is 28.3. The summed E-state index contributed by atoms with van der Waals surface area (Å²) in [6.45, 7) is 3.78. The lowest BCUT2D eigenvalue weighted by Crippen LogP contribution is -2.22. The van der Waals surface area contributed by atoms with Crippen molar-refractivity contribution in [3.05, 3.63) is 30.6 Å². The zero-order chi connectivity index (χ0) is 26.5. The molecule has 0 unspecified atom stereocenters. The molecule has 0 atom stereocenters. The summed E-state index contributed by atoms with van der Waals surface area (Å²) >= 11 is 1.28. The van der Waals surface area contributed by atoms with Gasteiger partial charge in [-0.05, 0) is 26.0 Å². The molecule has 1 aromatic carbocycles. The van der Waals surface area contributed by atoms with E-state index < -0.39 is 38.9 Å². The fraction of sp³-hybridized carbons (Fsp3) is 0.476. The van der Waals surface area contributed by atoms with Gasteiger partial charge >= 0.3 is 12.4 Å². The van der Waals surface area contributed by atoms with Crippen LogP contribution in [0.15, 0.2) is 40.5 Å². The minimum atomic E-state index is -4.69. The first-order valence-electron chi connectivity index (χ1n) is 10.7. The third-order valence-corrected chi connectivity index (χ3v) is 7.62. The Kier molecular flexibility index (Phi) is 9.28. The van der Waals surface area contributed by atoms with Gasteiger partial charge in [0.25, 0.3) is 0 Å². The lowest BCUT2D eigenvalue weighted by Gasteiger charge is -2.20. The number of halogens is 6. The zero-order valence-electron chi connectivity index (χ0n) is 19.3. The van der Waals surface area contributed by atoms with Crippen LogP contribution in [-0.2, 0) is 11.3 Å². The molecule has 2 aromatic heterocycles. The van der Waals surface area contributed by atoms with Gasteiger partial charge in [-0.15, -0.1) is 0 Å². The molecule has 0 saturated carbocycles. The minimum Gasteiger partial charge on any atom is -0.490 e. The average Bonchev–Trinajstić information content (AvgIpc) is 3.12. The summed E-state index contributed by atoms with van der Waals surface area (Å²) in [7, 11) is -2.45. The number of aromatic nitrogens is 4. The number of nitrogen functional groups attached to an aromatic ring is 1. The van der Waals surface area contributed by atoms with Crippen LogP contribution in [0.3, 0.4) is 0 Å². The van der Waals surface area contributed by atoms with Crippen molar-refractivity contribution in [3.8, 4) is 5.75 Å². The molecule has 198 valence electrons. The van der Waals surface area contributed by atoms with Crippen molar-refractivity contribution >= 4 is 36.8 Å². The molecule has 3 aromatic rings. The summed E-state index contributed by atoms with van der Waals surface area (Å²) in [4.78, 5) is 13.6. The molecule has 0 bridgehead atoms. The van der Waals surface area contributed by atoms with Crippen molar-refractivity contribution in [2.24, 2.45) is 0 Å². The lowest BCUT2D eigenvalue weighted by atomic mass is 10.3. The molecule has 0 fully saturated rings. The van der Waals surface area contributed by atoms with Gasteiger partial charge in [0.2, 0.25) is 5.95 Å². The minimum absolute atomic E-state index is 0.0196. The number of fused-ring (bicyclic) bond motifs is 1. The van der Waals surface area contributed by atoms with E-state index in [0.29, 0.717) is 21.9 Å². The number of hydrogen-bond donors (Lipinski definition) is 1. The van der Waals surface area contributed by atoms with Gasteiger partial charge in [0.15, 0.2) is 5.65 Å². The maximum absolute atomic E-state index is 12.7. The predicted molar refractivity (Wildman–Crippen MR) is 126 cm³/mol. The third-order valence-electron chi connectivity index (χ3n) is 4.42. The molecule has 15 heteroatoms. The van der Waals surface area contributed by atoms with E-state index in [1.807, 2.05) is 38.1 Å². The van der Waals surface area contributed by atoms with Gasteiger partial charge in [-0.3, -0.25) is 0 Å². The van der Waals surface area contributed by atoms with E-state index in [1.165, 1.54) is 18.1 Å². The number of alkyl halides is 6. The first-order chi connectivity index (χ1) is 16.8. The van der Waals surface area contributed by atoms with Gasteiger partial charge in [0.1, 0.15) is 16.3 Å². The lowest BCUT2D eigenvalue weighted by molar-refractivity contribution is -0.112. The number of para-hydroxylation sites is 1. The van der Waals surface area contributed by atoms with Crippen LogP contribution in [0.5, 0.6) is 5.75 Å². The fourth-order valence-electron chi connectivity index (χ4n) is 3.17. The van der Waals surface area contributed by atoms with Gasteiger partial charge in [-0.25, -0.2) is 9.97 Å². The molecular weight excluding hydrogens is 531 g/mol. The molecule has 2 heterocycles. The van der Waals surface area contributed by atoms with Crippen molar-refractivity contribution in [1.29, 1.82) is 0 Å². The van der Waals surface area contributed by atoms with Crippen LogP contribution in [0.25, 0.3) is 11.2 Å². The summed E-state index contributed by atoms with van der Waals surface area (Å²) in [5.74, 6) is 0.638. The normalized spacial score (nSPS) is 12.7. The van der Waals surface area contributed by atoms with Crippen LogP contribution >= 0.6 is 19.7 Å². The molecule has 0 aliphatic carbocycles. The Balaban J connectivity index is 1.70. The molecule has 0 aliphatic heterocycles. The van der Waals surface area contributed by atoms with E-state index in [9.17, 15) is 26.3 Å². The van der Waals surface area contributed by atoms with Crippen molar-refractivity contribution in [3.63, 3.8) is 0 Å². The predicted octanol–water partition coefficient (Wildman–Crippen LogP) is 5.93. The topological polar surface area (TPSA) is 88.1 Å². The second kappa shape index (κ2) is 11.8. The largest absolute Gasteiger partial charge is 0.490 e.